The summed E-state index contributed by atoms with van der Waals surface area (Å²) >= 11 is 11.9. The van der Waals surface area contributed by atoms with E-state index in [0.717, 1.165) is 22.6 Å². The highest BCUT2D eigenvalue weighted by Crippen LogP contribution is 2.23. The number of amides is 1. The van der Waals surface area contributed by atoms with Gasteiger partial charge in [0.1, 0.15) is 5.76 Å². The molecule has 118 valence electrons. The molecule has 1 aromatic carbocycles. The highest BCUT2D eigenvalue weighted by atomic mass is 35.5. The largest absolute Gasteiger partial charge is 0.361 e. The minimum absolute atomic E-state index is 0.0612. The van der Waals surface area contributed by atoms with Gasteiger partial charge in [0.15, 0.2) is 0 Å². The standard InChI is InChI=1S/C16H18Cl2N2O2/c1-10-13(11(2)22-19-10)9-20(3)16(21)7-5-12-4-6-14(17)15(18)8-12/h4,6,8H,5,7,9H2,1-3H3. The van der Waals surface area contributed by atoms with Gasteiger partial charge in [-0.1, -0.05) is 34.4 Å². The summed E-state index contributed by atoms with van der Waals surface area (Å²) in [6.45, 7) is 4.23. The van der Waals surface area contributed by atoms with E-state index < -0.39 is 0 Å². The van der Waals surface area contributed by atoms with E-state index in [1.54, 1.807) is 24.1 Å². The average Bonchev–Trinajstić information content (AvgIpc) is 2.80. The van der Waals surface area contributed by atoms with Gasteiger partial charge in [-0.2, -0.15) is 0 Å². The molecular formula is C16H18Cl2N2O2. The van der Waals surface area contributed by atoms with Crippen molar-refractivity contribution in [3.8, 4) is 0 Å². The highest BCUT2D eigenvalue weighted by Gasteiger charge is 2.15. The first-order chi connectivity index (χ1) is 10.4. The summed E-state index contributed by atoms with van der Waals surface area (Å²) in [7, 11) is 1.78. The molecule has 6 heteroatoms. The maximum absolute atomic E-state index is 12.2. The third-order valence-corrected chi connectivity index (χ3v) is 4.35. The first-order valence-corrected chi connectivity index (χ1v) is 7.73. The van der Waals surface area contributed by atoms with Crippen LogP contribution in [0.1, 0.15) is 29.0 Å². The second kappa shape index (κ2) is 7.16. The summed E-state index contributed by atoms with van der Waals surface area (Å²) in [6, 6.07) is 5.43. The molecule has 1 heterocycles. The lowest BCUT2D eigenvalue weighted by atomic mass is 10.1. The zero-order valence-corrected chi connectivity index (χ0v) is 14.3. The second-order valence-corrected chi connectivity index (χ2v) is 6.12. The molecule has 0 N–H and O–H groups in total. The molecule has 0 unspecified atom stereocenters. The summed E-state index contributed by atoms with van der Waals surface area (Å²) in [4.78, 5) is 13.9. The van der Waals surface area contributed by atoms with Crippen molar-refractivity contribution in [3.05, 3.63) is 50.8 Å². The maximum Gasteiger partial charge on any atom is 0.222 e. The molecule has 2 rings (SSSR count). The zero-order chi connectivity index (χ0) is 16.3. The van der Waals surface area contributed by atoms with Crippen molar-refractivity contribution in [1.29, 1.82) is 0 Å². The molecule has 1 amide bonds. The number of carbonyl (C=O) groups excluding carboxylic acids is 1. The number of aromatic nitrogens is 1. The number of halogens is 2. The van der Waals surface area contributed by atoms with Gasteiger partial charge in [-0.05, 0) is 38.0 Å². The van der Waals surface area contributed by atoms with Gasteiger partial charge in [0.05, 0.1) is 22.3 Å². The predicted octanol–water partition coefficient (Wildman–Crippen LogP) is 4.19. The third-order valence-electron chi connectivity index (χ3n) is 3.61. The van der Waals surface area contributed by atoms with Gasteiger partial charge in [-0.3, -0.25) is 4.79 Å². The molecule has 0 atom stereocenters. The first kappa shape index (κ1) is 16.8. The van der Waals surface area contributed by atoms with E-state index in [4.69, 9.17) is 27.7 Å². The van der Waals surface area contributed by atoms with Crippen LogP contribution in [0.25, 0.3) is 0 Å². The van der Waals surface area contributed by atoms with Crippen LogP contribution in [-0.2, 0) is 17.8 Å². The van der Waals surface area contributed by atoms with Crippen molar-refractivity contribution < 1.29 is 9.32 Å². The van der Waals surface area contributed by atoms with Gasteiger partial charge in [-0.15, -0.1) is 0 Å². The van der Waals surface area contributed by atoms with Crippen molar-refractivity contribution in [2.75, 3.05) is 7.05 Å². The molecule has 0 aliphatic carbocycles. The molecule has 0 radical (unpaired) electrons. The van der Waals surface area contributed by atoms with E-state index in [9.17, 15) is 4.79 Å². The quantitative estimate of drug-likeness (QED) is 0.819. The highest BCUT2D eigenvalue weighted by molar-refractivity contribution is 6.42. The van der Waals surface area contributed by atoms with Gasteiger partial charge >= 0.3 is 0 Å². The van der Waals surface area contributed by atoms with Gasteiger partial charge in [0, 0.05) is 19.0 Å². The predicted molar refractivity (Wildman–Crippen MR) is 87.2 cm³/mol. The Hall–Kier alpha value is -1.52. The number of hydrogen-bond acceptors (Lipinski definition) is 3. The van der Waals surface area contributed by atoms with Crippen LogP contribution in [0.15, 0.2) is 22.7 Å². The topological polar surface area (TPSA) is 46.3 Å². The Balaban J connectivity index is 1.92. The van der Waals surface area contributed by atoms with Crippen LogP contribution in [-0.4, -0.2) is 23.0 Å². The third kappa shape index (κ3) is 4.02. The van der Waals surface area contributed by atoms with Gasteiger partial charge < -0.3 is 9.42 Å². The molecule has 0 saturated heterocycles. The van der Waals surface area contributed by atoms with Crippen LogP contribution in [0.3, 0.4) is 0 Å². The maximum atomic E-state index is 12.2. The van der Waals surface area contributed by atoms with Crippen LogP contribution in [0, 0.1) is 13.8 Å². The number of carbonyl (C=O) groups is 1. The molecule has 4 nitrogen and oxygen atoms in total. The smallest absolute Gasteiger partial charge is 0.222 e. The number of hydrogen-bond donors (Lipinski definition) is 0. The fraction of sp³-hybridized carbons (Fsp3) is 0.375. The minimum atomic E-state index is 0.0612. The van der Waals surface area contributed by atoms with Gasteiger partial charge in [0.2, 0.25) is 5.91 Å². The summed E-state index contributed by atoms with van der Waals surface area (Å²) in [5, 5.41) is 4.93. The summed E-state index contributed by atoms with van der Waals surface area (Å²) in [5.74, 6) is 0.813. The monoisotopic (exact) mass is 340 g/mol. The zero-order valence-electron chi connectivity index (χ0n) is 12.8. The molecule has 2 aromatic rings. The molecule has 0 spiro atoms. The van der Waals surface area contributed by atoms with Gasteiger partial charge in [0.25, 0.3) is 0 Å². The summed E-state index contributed by atoms with van der Waals surface area (Å²) in [6.07, 6.45) is 1.04. The molecular weight excluding hydrogens is 323 g/mol. The Morgan fingerprint density at radius 3 is 2.59 bits per heavy atom. The average molecular weight is 341 g/mol. The normalized spacial score (nSPS) is 10.8. The van der Waals surface area contributed by atoms with Crippen LogP contribution < -0.4 is 0 Å². The van der Waals surface area contributed by atoms with E-state index in [-0.39, 0.29) is 5.91 Å². The Kier molecular flexibility index (Phi) is 5.48. The summed E-state index contributed by atoms with van der Waals surface area (Å²) < 4.78 is 5.11. The Morgan fingerprint density at radius 1 is 1.27 bits per heavy atom. The van der Waals surface area contributed by atoms with E-state index >= 15 is 0 Å². The van der Waals surface area contributed by atoms with Crippen molar-refractivity contribution in [2.45, 2.75) is 33.2 Å². The lowest BCUT2D eigenvalue weighted by molar-refractivity contribution is -0.130. The van der Waals surface area contributed by atoms with Crippen LogP contribution >= 0.6 is 23.2 Å². The Bertz CT molecular complexity index is 663. The number of aryl methyl sites for hydroxylation is 3. The second-order valence-electron chi connectivity index (χ2n) is 5.30. The molecule has 0 aliphatic rings. The molecule has 1 aromatic heterocycles. The van der Waals surface area contributed by atoms with Gasteiger partial charge in [-0.25, -0.2) is 0 Å². The molecule has 22 heavy (non-hydrogen) atoms. The number of benzene rings is 1. The van der Waals surface area contributed by atoms with Crippen molar-refractivity contribution in [1.82, 2.24) is 10.1 Å². The van der Waals surface area contributed by atoms with Crippen LogP contribution in [0.4, 0.5) is 0 Å². The van der Waals surface area contributed by atoms with E-state index in [1.807, 2.05) is 19.9 Å². The molecule has 0 saturated carbocycles. The molecule has 0 aliphatic heterocycles. The lowest BCUT2D eigenvalue weighted by Gasteiger charge is -2.17. The van der Waals surface area contributed by atoms with E-state index in [2.05, 4.69) is 5.16 Å². The first-order valence-electron chi connectivity index (χ1n) is 6.98. The Morgan fingerprint density at radius 2 is 2.00 bits per heavy atom. The fourth-order valence-electron chi connectivity index (χ4n) is 2.19. The van der Waals surface area contributed by atoms with Crippen molar-refractivity contribution >= 4 is 29.1 Å². The van der Waals surface area contributed by atoms with E-state index in [0.29, 0.717) is 29.4 Å². The molecule has 0 bridgehead atoms. The number of rotatable bonds is 5. The minimum Gasteiger partial charge on any atom is -0.361 e. The van der Waals surface area contributed by atoms with Crippen LogP contribution in [0.2, 0.25) is 10.0 Å². The Labute approximate surface area is 140 Å². The van der Waals surface area contributed by atoms with E-state index in [1.165, 1.54) is 0 Å². The molecule has 0 fully saturated rings. The van der Waals surface area contributed by atoms with Crippen molar-refractivity contribution in [2.24, 2.45) is 0 Å². The van der Waals surface area contributed by atoms with Crippen molar-refractivity contribution in [3.63, 3.8) is 0 Å². The summed E-state index contributed by atoms with van der Waals surface area (Å²) in [5.41, 5.74) is 2.78. The number of nitrogens with zero attached hydrogens (tertiary/aromatic N) is 2. The fourth-order valence-corrected chi connectivity index (χ4v) is 2.51. The SMILES string of the molecule is Cc1noc(C)c1CN(C)C(=O)CCc1ccc(Cl)c(Cl)c1. The lowest BCUT2D eigenvalue weighted by Crippen LogP contribution is -2.26. The van der Waals surface area contributed by atoms with Crippen LogP contribution in [0.5, 0.6) is 0 Å².